The van der Waals surface area contributed by atoms with E-state index in [2.05, 4.69) is 6.92 Å². The molecule has 0 radical (unpaired) electrons. The van der Waals surface area contributed by atoms with Crippen molar-refractivity contribution in [2.45, 2.75) is 67.8 Å². The average molecular weight is 470 g/mol. The van der Waals surface area contributed by atoms with Crippen molar-refractivity contribution in [3.63, 3.8) is 0 Å². The van der Waals surface area contributed by atoms with Crippen LogP contribution in [-0.4, -0.2) is 12.2 Å². The van der Waals surface area contributed by atoms with Gasteiger partial charge in [0.1, 0.15) is 4.90 Å². The first-order chi connectivity index (χ1) is 10.9. The van der Waals surface area contributed by atoms with Crippen molar-refractivity contribution in [2.24, 2.45) is 0 Å². The van der Waals surface area contributed by atoms with E-state index in [0.29, 0.717) is 12.1 Å². The summed E-state index contributed by atoms with van der Waals surface area (Å²) < 4.78 is 70.3. The molecule has 3 fully saturated rings. The molecule has 0 unspecified atom stereocenters. The number of fused-ring (bicyclic) bond motifs is 3. The van der Waals surface area contributed by atoms with Gasteiger partial charge in [0.15, 0.2) is 0 Å². The highest BCUT2D eigenvalue weighted by Crippen LogP contribution is 3.02. The molecule has 1 aromatic carbocycles. The van der Waals surface area contributed by atoms with Gasteiger partial charge in [-0.2, -0.15) is 0 Å². The van der Waals surface area contributed by atoms with E-state index >= 15 is 0 Å². The van der Waals surface area contributed by atoms with Crippen molar-refractivity contribution < 1.29 is 47.7 Å². The maximum absolute atomic E-state index is 12.9. The lowest BCUT2D eigenvalue weighted by Gasteiger charge is -2.53. The first-order valence-corrected chi connectivity index (χ1v) is 10.3. The Hall–Kier alpha value is -1.17. The molecule has 1 nitrogen and oxygen atoms in total. The van der Waals surface area contributed by atoms with Crippen LogP contribution in [0.2, 0.25) is 0 Å². The molecule has 0 aliphatic heterocycles. The minimum Gasteiger partial charge on any atom is -0.375 e. The van der Waals surface area contributed by atoms with Crippen LogP contribution >= 0.6 is 10.2 Å². The third kappa shape index (κ3) is 6.40. The quantitative estimate of drug-likeness (QED) is 0.398. The number of hydrogen-bond acceptors (Lipinski definition) is 1. The molecule has 3 saturated carbocycles. The van der Waals surface area contributed by atoms with E-state index in [4.69, 9.17) is 4.74 Å². The Morgan fingerprint density at radius 2 is 1.17 bits per heavy atom. The Balaban J connectivity index is -0.00000135. The van der Waals surface area contributed by atoms with Crippen LogP contribution in [0.1, 0.15) is 57.4 Å². The van der Waals surface area contributed by atoms with Gasteiger partial charge in [0, 0.05) is 6.61 Å². The molecule has 0 heterocycles. The standard InChI is InChI=1S/C17H23F5OS.5FH/c1-2-13-23-17-10-7-16(8-11-17,9-12-17)14-3-5-15(6-4-14)24(18,19,20,21)22;;;;;/h3-6H,2,7-13H2,1H3;5*1H. The molecule has 0 spiro atoms. The Morgan fingerprint density at radius 3 is 1.52 bits per heavy atom. The van der Waals surface area contributed by atoms with Crippen molar-refractivity contribution in [1.29, 1.82) is 0 Å². The van der Waals surface area contributed by atoms with Crippen molar-refractivity contribution in [2.75, 3.05) is 6.61 Å². The number of ether oxygens (including phenoxy) is 1. The minimum absolute atomic E-state index is 0. The molecule has 0 aromatic heterocycles. The second kappa shape index (κ2) is 8.91. The highest BCUT2D eigenvalue weighted by atomic mass is 32.5. The molecule has 0 atom stereocenters. The van der Waals surface area contributed by atoms with Gasteiger partial charge in [-0.3, -0.25) is 23.5 Å². The molecule has 3 aliphatic rings. The van der Waals surface area contributed by atoms with Crippen molar-refractivity contribution in [3.05, 3.63) is 29.8 Å². The van der Waals surface area contributed by atoms with Gasteiger partial charge in [-0.1, -0.05) is 38.5 Å². The summed E-state index contributed by atoms with van der Waals surface area (Å²) in [5.41, 5.74) is 0.478. The van der Waals surface area contributed by atoms with E-state index in [1.165, 1.54) is 12.1 Å². The van der Waals surface area contributed by atoms with Gasteiger partial charge in [-0.15, -0.1) is 0 Å². The van der Waals surface area contributed by atoms with Crippen LogP contribution < -0.4 is 0 Å². The zero-order chi connectivity index (χ0) is 17.8. The third-order valence-electron chi connectivity index (χ3n) is 5.70. The van der Waals surface area contributed by atoms with Crippen molar-refractivity contribution in [3.8, 4) is 0 Å². The Morgan fingerprint density at radius 1 is 0.759 bits per heavy atom. The van der Waals surface area contributed by atoms with Crippen LogP contribution in [0.25, 0.3) is 0 Å². The lowest BCUT2D eigenvalue weighted by atomic mass is 9.56. The van der Waals surface area contributed by atoms with Gasteiger partial charge in [0.25, 0.3) is 0 Å². The van der Waals surface area contributed by atoms with E-state index in [-0.39, 0.29) is 34.5 Å². The number of halogens is 10. The summed E-state index contributed by atoms with van der Waals surface area (Å²) >= 11 is 0. The Labute approximate surface area is 162 Å². The topological polar surface area (TPSA) is 9.23 Å². The maximum atomic E-state index is 12.9. The number of rotatable bonds is 5. The van der Waals surface area contributed by atoms with Crippen LogP contribution in [0.3, 0.4) is 0 Å². The molecule has 0 saturated heterocycles. The van der Waals surface area contributed by atoms with Gasteiger partial charge >= 0.3 is 10.2 Å². The summed E-state index contributed by atoms with van der Waals surface area (Å²) in [7, 11) is -9.59. The fourth-order valence-electron chi connectivity index (χ4n) is 4.19. The van der Waals surface area contributed by atoms with E-state index in [1.54, 1.807) is 0 Å². The summed E-state index contributed by atoms with van der Waals surface area (Å²) in [4.78, 5) is -1.80. The molecule has 0 N–H and O–H groups in total. The first-order valence-electron chi connectivity index (χ1n) is 8.37. The summed E-state index contributed by atoms with van der Waals surface area (Å²) in [5, 5.41) is 0. The molecule has 178 valence electrons. The van der Waals surface area contributed by atoms with Crippen LogP contribution in [0, 0.1) is 0 Å². The van der Waals surface area contributed by atoms with E-state index in [9.17, 15) is 19.4 Å². The molecular weight excluding hydrogens is 442 g/mol. The van der Waals surface area contributed by atoms with Crippen LogP contribution in [-0.2, 0) is 10.2 Å². The van der Waals surface area contributed by atoms with Gasteiger partial charge < -0.3 is 4.74 Å². The summed E-state index contributed by atoms with van der Waals surface area (Å²) in [5.74, 6) is 0. The molecular formula is C17H28F10OS. The molecule has 12 heteroatoms. The SMILES string of the molecule is CCCOC12CCC(c3ccc(S(F)(F)(F)(F)F)cc3)(CC1)CC2.F.F.F.F.F. The van der Waals surface area contributed by atoms with Crippen LogP contribution in [0.4, 0.5) is 43.0 Å². The highest BCUT2D eigenvalue weighted by molar-refractivity contribution is 8.45. The summed E-state index contributed by atoms with van der Waals surface area (Å²) in [6, 6.07) is 3.60. The largest absolute Gasteiger partial charge is 0.375 e. The highest BCUT2D eigenvalue weighted by Gasteiger charge is 2.65. The smallest absolute Gasteiger partial charge is 0.310 e. The van der Waals surface area contributed by atoms with Gasteiger partial charge in [0.05, 0.1) is 5.60 Å². The minimum atomic E-state index is -9.59. The zero-order valence-corrected chi connectivity index (χ0v) is 16.5. The predicted octanol–water partition coefficient (Wildman–Crippen LogP) is 7.88. The summed E-state index contributed by atoms with van der Waals surface area (Å²) in [6.45, 7) is 2.79. The molecule has 4 rings (SSSR count). The van der Waals surface area contributed by atoms with E-state index in [0.717, 1.165) is 57.1 Å². The molecule has 3 aliphatic carbocycles. The lowest BCUT2D eigenvalue weighted by Crippen LogP contribution is -2.49. The monoisotopic (exact) mass is 470 g/mol. The van der Waals surface area contributed by atoms with Crippen molar-refractivity contribution in [1.82, 2.24) is 0 Å². The molecule has 0 amide bonds. The third-order valence-corrected chi connectivity index (χ3v) is 6.87. The maximum Gasteiger partial charge on any atom is 0.310 e. The lowest BCUT2D eigenvalue weighted by molar-refractivity contribution is -0.118. The number of hydrogen-bond donors (Lipinski definition) is 0. The van der Waals surface area contributed by atoms with E-state index < -0.39 is 15.1 Å². The number of benzene rings is 1. The fourth-order valence-corrected chi connectivity index (χ4v) is 4.84. The Bertz CT molecular complexity index is 607. The van der Waals surface area contributed by atoms with E-state index in [1.807, 2.05) is 0 Å². The van der Waals surface area contributed by atoms with Crippen LogP contribution in [0.5, 0.6) is 0 Å². The zero-order valence-electron chi connectivity index (χ0n) is 15.7. The van der Waals surface area contributed by atoms with Crippen LogP contribution in [0.15, 0.2) is 29.2 Å². The van der Waals surface area contributed by atoms with Gasteiger partial charge in [0.2, 0.25) is 0 Å². The normalized spacial score (nSPS) is 27.4. The first kappa shape index (κ1) is 32.5. The molecule has 1 aromatic rings. The molecule has 2 bridgehead atoms. The van der Waals surface area contributed by atoms with Gasteiger partial charge in [-0.05, 0) is 68.1 Å². The fraction of sp³-hybridized carbons (Fsp3) is 0.647. The van der Waals surface area contributed by atoms with Gasteiger partial charge in [-0.25, -0.2) is 0 Å². The second-order valence-corrected chi connectivity index (χ2v) is 9.71. The van der Waals surface area contributed by atoms with Crippen molar-refractivity contribution >= 4 is 10.2 Å². The summed E-state index contributed by atoms with van der Waals surface area (Å²) in [6.07, 6.45) is 6.14. The average Bonchev–Trinajstić information content (AvgIpc) is 2.53. The predicted molar refractivity (Wildman–Crippen MR) is 98.7 cm³/mol. The Kier molecular flexibility index (Phi) is 9.98. The molecule has 29 heavy (non-hydrogen) atoms. The second-order valence-electron chi connectivity index (χ2n) is 7.31.